The van der Waals surface area contributed by atoms with E-state index in [0.29, 0.717) is 40.5 Å². The first-order chi connectivity index (χ1) is 14.6. The van der Waals surface area contributed by atoms with Crippen LogP contribution in [0.4, 0.5) is 0 Å². The standard InChI is InChI=1S/C21H21N5O3S/c1-13-24-25-21(26(13)11-14-7-5-4-6-8-14)30-12-19-22-16-10-18(29-3)17(28-2)9-15(16)20(27)23-19/h4-10H,11-12H2,1-3H3,(H,22,23,27). The fraction of sp³-hybridized carbons (Fsp3) is 0.238. The molecule has 0 radical (unpaired) electrons. The zero-order chi connectivity index (χ0) is 21.1. The van der Waals surface area contributed by atoms with Crippen molar-refractivity contribution in [2.45, 2.75) is 24.4 Å². The third-order valence-electron chi connectivity index (χ3n) is 4.68. The highest BCUT2D eigenvalue weighted by Gasteiger charge is 2.14. The van der Waals surface area contributed by atoms with Crippen molar-refractivity contribution in [3.8, 4) is 11.5 Å². The number of hydrogen-bond acceptors (Lipinski definition) is 7. The number of fused-ring (bicyclic) bond motifs is 1. The van der Waals surface area contributed by atoms with Gasteiger partial charge in [0.1, 0.15) is 11.6 Å². The number of benzene rings is 2. The van der Waals surface area contributed by atoms with Crippen molar-refractivity contribution < 1.29 is 9.47 Å². The maximum Gasteiger partial charge on any atom is 0.258 e. The van der Waals surface area contributed by atoms with Crippen LogP contribution in [0.3, 0.4) is 0 Å². The molecule has 0 fully saturated rings. The maximum atomic E-state index is 12.6. The lowest BCUT2D eigenvalue weighted by atomic mass is 10.2. The van der Waals surface area contributed by atoms with Crippen LogP contribution in [0, 0.1) is 6.92 Å². The van der Waals surface area contributed by atoms with Crippen LogP contribution in [0.2, 0.25) is 0 Å². The molecule has 9 heteroatoms. The van der Waals surface area contributed by atoms with Crippen LogP contribution in [-0.4, -0.2) is 39.0 Å². The predicted molar refractivity (Wildman–Crippen MR) is 115 cm³/mol. The second kappa shape index (κ2) is 8.58. The number of ether oxygens (including phenoxy) is 2. The number of thioether (sulfide) groups is 1. The van der Waals surface area contributed by atoms with Crippen LogP contribution in [0.5, 0.6) is 11.5 Å². The monoisotopic (exact) mass is 423 g/mol. The topological polar surface area (TPSA) is 94.9 Å². The van der Waals surface area contributed by atoms with E-state index in [1.54, 1.807) is 19.2 Å². The second-order valence-corrected chi connectivity index (χ2v) is 7.57. The number of hydrogen-bond donors (Lipinski definition) is 1. The van der Waals surface area contributed by atoms with Crippen LogP contribution < -0.4 is 15.0 Å². The molecule has 154 valence electrons. The Labute approximate surface area is 177 Å². The number of methoxy groups -OCH3 is 2. The van der Waals surface area contributed by atoms with E-state index in [-0.39, 0.29) is 5.56 Å². The molecule has 0 saturated carbocycles. The Hall–Kier alpha value is -3.33. The van der Waals surface area contributed by atoms with Gasteiger partial charge in [0.25, 0.3) is 5.56 Å². The first kappa shape index (κ1) is 20.0. The van der Waals surface area contributed by atoms with Gasteiger partial charge in [-0.1, -0.05) is 42.1 Å². The van der Waals surface area contributed by atoms with Crippen LogP contribution in [-0.2, 0) is 12.3 Å². The summed E-state index contributed by atoms with van der Waals surface area (Å²) in [6, 6.07) is 13.5. The van der Waals surface area contributed by atoms with Crippen molar-refractivity contribution in [1.82, 2.24) is 24.7 Å². The zero-order valence-corrected chi connectivity index (χ0v) is 17.7. The minimum atomic E-state index is -0.224. The van der Waals surface area contributed by atoms with Gasteiger partial charge in [-0.05, 0) is 18.6 Å². The van der Waals surface area contributed by atoms with Gasteiger partial charge in [-0.2, -0.15) is 0 Å². The number of aryl methyl sites for hydroxylation is 1. The van der Waals surface area contributed by atoms with Crippen LogP contribution in [0.1, 0.15) is 17.2 Å². The number of H-pyrrole nitrogens is 1. The van der Waals surface area contributed by atoms with Gasteiger partial charge in [0.2, 0.25) is 0 Å². The summed E-state index contributed by atoms with van der Waals surface area (Å²) in [4.78, 5) is 20.0. The van der Waals surface area contributed by atoms with Gasteiger partial charge < -0.3 is 19.0 Å². The summed E-state index contributed by atoms with van der Waals surface area (Å²) in [5.74, 6) is 2.85. The number of nitrogens with one attached hydrogen (secondary N) is 1. The number of aromatic amines is 1. The minimum Gasteiger partial charge on any atom is -0.493 e. The molecule has 0 spiro atoms. The number of aromatic nitrogens is 5. The highest BCUT2D eigenvalue weighted by molar-refractivity contribution is 7.98. The highest BCUT2D eigenvalue weighted by Crippen LogP contribution is 2.30. The number of nitrogens with zero attached hydrogens (tertiary/aromatic N) is 4. The van der Waals surface area contributed by atoms with Crippen molar-refractivity contribution >= 4 is 22.7 Å². The van der Waals surface area contributed by atoms with Gasteiger partial charge >= 0.3 is 0 Å². The van der Waals surface area contributed by atoms with E-state index in [0.717, 1.165) is 11.0 Å². The SMILES string of the molecule is COc1cc2nc(CSc3nnc(C)n3Cc3ccccc3)[nH]c(=O)c2cc1OC. The van der Waals surface area contributed by atoms with Gasteiger partial charge in [-0.3, -0.25) is 4.79 Å². The van der Waals surface area contributed by atoms with Crippen molar-refractivity contribution in [3.05, 3.63) is 70.0 Å². The Balaban J connectivity index is 1.59. The summed E-state index contributed by atoms with van der Waals surface area (Å²) in [6.45, 7) is 2.61. The average molecular weight is 423 g/mol. The molecule has 0 aliphatic carbocycles. The van der Waals surface area contributed by atoms with Crippen molar-refractivity contribution in [2.24, 2.45) is 0 Å². The first-order valence-electron chi connectivity index (χ1n) is 9.30. The molecule has 0 unspecified atom stereocenters. The molecule has 2 aromatic heterocycles. The van der Waals surface area contributed by atoms with Crippen molar-refractivity contribution in [1.29, 1.82) is 0 Å². The van der Waals surface area contributed by atoms with E-state index in [1.165, 1.54) is 24.4 Å². The van der Waals surface area contributed by atoms with E-state index in [4.69, 9.17) is 9.47 Å². The lowest BCUT2D eigenvalue weighted by molar-refractivity contribution is 0.355. The summed E-state index contributed by atoms with van der Waals surface area (Å²) in [7, 11) is 3.08. The van der Waals surface area contributed by atoms with E-state index in [2.05, 4.69) is 32.3 Å². The zero-order valence-electron chi connectivity index (χ0n) is 16.9. The molecular weight excluding hydrogens is 402 g/mol. The van der Waals surface area contributed by atoms with E-state index >= 15 is 0 Å². The van der Waals surface area contributed by atoms with E-state index in [1.807, 2.05) is 29.7 Å². The Kier molecular flexibility index (Phi) is 5.71. The molecule has 4 rings (SSSR count). The van der Waals surface area contributed by atoms with Gasteiger partial charge in [-0.25, -0.2) is 4.98 Å². The molecule has 0 amide bonds. The number of rotatable bonds is 7. The Bertz CT molecular complexity index is 1240. The maximum absolute atomic E-state index is 12.6. The molecule has 30 heavy (non-hydrogen) atoms. The molecule has 4 aromatic rings. The van der Waals surface area contributed by atoms with E-state index < -0.39 is 0 Å². The summed E-state index contributed by atoms with van der Waals surface area (Å²) >= 11 is 1.48. The molecule has 2 aromatic carbocycles. The van der Waals surface area contributed by atoms with Crippen LogP contribution in [0.25, 0.3) is 10.9 Å². The van der Waals surface area contributed by atoms with Crippen molar-refractivity contribution in [2.75, 3.05) is 14.2 Å². The van der Waals surface area contributed by atoms with Gasteiger partial charge in [0, 0.05) is 6.07 Å². The fourth-order valence-corrected chi connectivity index (χ4v) is 3.99. The summed E-state index contributed by atoms with van der Waals surface area (Å²) in [5, 5.41) is 9.70. The summed E-state index contributed by atoms with van der Waals surface area (Å²) < 4.78 is 12.6. The summed E-state index contributed by atoms with van der Waals surface area (Å²) in [5.41, 5.74) is 1.49. The molecule has 0 bridgehead atoms. The van der Waals surface area contributed by atoms with Gasteiger partial charge in [-0.15, -0.1) is 10.2 Å². The molecule has 0 saturated heterocycles. The molecule has 2 heterocycles. The highest BCUT2D eigenvalue weighted by atomic mass is 32.2. The third kappa shape index (κ3) is 4.02. The second-order valence-electron chi connectivity index (χ2n) is 6.63. The average Bonchev–Trinajstić information content (AvgIpc) is 3.11. The van der Waals surface area contributed by atoms with Gasteiger partial charge in [0.15, 0.2) is 16.7 Å². The molecule has 0 aliphatic rings. The smallest absolute Gasteiger partial charge is 0.258 e. The van der Waals surface area contributed by atoms with Crippen LogP contribution >= 0.6 is 11.8 Å². The Morgan fingerprint density at radius 1 is 1.07 bits per heavy atom. The predicted octanol–water partition coefficient (Wildman–Crippen LogP) is 3.18. The largest absolute Gasteiger partial charge is 0.493 e. The molecule has 1 N–H and O–H groups in total. The Morgan fingerprint density at radius 3 is 2.53 bits per heavy atom. The van der Waals surface area contributed by atoms with Gasteiger partial charge in [0.05, 0.1) is 37.4 Å². The lowest BCUT2D eigenvalue weighted by Gasteiger charge is -2.10. The van der Waals surface area contributed by atoms with Crippen molar-refractivity contribution in [3.63, 3.8) is 0 Å². The van der Waals surface area contributed by atoms with E-state index in [9.17, 15) is 4.79 Å². The first-order valence-corrected chi connectivity index (χ1v) is 10.3. The molecule has 8 nitrogen and oxygen atoms in total. The molecular formula is C21H21N5O3S. The Morgan fingerprint density at radius 2 is 1.80 bits per heavy atom. The normalized spacial score (nSPS) is 11.0. The quantitative estimate of drug-likeness (QED) is 0.456. The van der Waals surface area contributed by atoms with Crippen LogP contribution in [0.15, 0.2) is 52.4 Å². The summed E-state index contributed by atoms with van der Waals surface area (Å²) in [6.07, 6.45) is 0. The minimum absolute atomic E-state index is 0.224. The molecule has 0 aliphatic heterocycles. The lowest BCUT2D eigenvalue weighted by Crippen LogP contribution is -2.12. The third-order valence-corrected chi connectivity index (χ3v) is 5.66. The molecule has 0 atom stereocenters. The fourth-order valence-electron chi connectivity index (χ4n) is 3.13.